The Morgan fingerprint density at radius 1 is 1.11 bits per heavy atom. The van der Waals surface area contributed by atoms with Crippen molar-refractivity contribution in [3.63, 3.8) is 0 Å². The van der Waals surface area contributed by atoms with Crippen LogP contribution in [-0.2, 0) is 10.2 Å². The van der Waals surface area contributed by atoms with Crippen molar-refractivity contribution in [1.82, 2.24) is 5.32 Å². The summed E-state index contributed by atoms with van der Waals surface area (Å²) in [5.74, 6) is 1.24. The lowest BCUT2D eigenvalue weighted by Gasteiger charge is -2.21. The highest BCUT2D eigenvalue weighted by Gasteiger charge is 2.19. The van der Waals surface area contributed by atoms with Gasteiger partial charge in [0.2, 0.25) is 0 Å². The molecule has 0 spiro atoms. The van der Waals surface area contributed by atoms with E-state index < -0.39 is 6.10 Å². The third-order valence-corrected chi connectivity index (χ3v) is 4.88. The lowest BCUT2D eigenvalue weighted by atomic mass is 9.87. The molecule has 0 radical (unpaired) electrons. The number of amides is 1. The largest absolute Gasteiger partial charge is 0.492 e. The zero-order valence-corrected chi connectivity index (χ0v) is 18.1. The maximum absolute atomic E-state index is 12.4. The Morgan fingerprint density at radius 3 is 2.32 bits per heavy atom. The SMILES string of the molecule is CC[C@H](Oc1ccc(C(C)(C)C)cc1)C(=O)NCCOc1ccc(C)c(Cl)c1. The van der Waals surface area contributed by atoms with Crippen LogP contribution >= 0.6 is 11.6 Å². The summed E-state index contributed by atoms with van der Waals surface area (Å²) in [5.41, 5.74) is 2.31. The topological polar surface area (TPSA) is 47.6 Å². The van der Waals surface area contributed by atoms with Crippen molar-refractivity contribution in [2.24, 2.45) is 0 Å². The molecule has 5 heteroatoms. The van der Waals surface area contributed by atoms with Crippen LogP contribution in [0, 0.1) is 6.92 Å². The van der Waals surface area contributed by atoms with Gasteiger partial charge in [-0.05, 0) is 54.2 Å². The van der Waals surface area contributed by atoms with Gasteiger partial charge in [0.15, 0.2) is 6.10 Å². The molecule has 28 heavy (non-hydrogen) atoms. The summed E-state index contributed by atoms with van der Waals surface area (Å²) in [6, 6.07) is 13.5. The van der Waals surface area contributed by atoms with E-state index in [1.807, 2.05) is 50.2 Å². The molecule has 0 fully saturated rings. The van der Waals surface area contributed by atoms with Crippen LogP contribution in [-0.4, -0.2) is 25.2 Å². The number of benzene rings is 2. The van der Waals surface area contributed by atoms with Gasteiger partial charge in [-0.15, -0.1) is 0 Å². The number of rotatable bonds is 8. The molecule has 0 aliphatic carbocycles. The highest BCUT2D eigenvalue weighted by molar-refractivity contribution is 6.31. The molecule has 0 bridgehead atoms. The van der Waals surface area contributed by atoms with E-state index in [1.165, 1.54) is 5.56 Å². The van der Waals surface area contributed by atoms with E-state index >= 15 is 0 Å². The number of hydrogen-bond donors (Lipinski definition) is 1. The number of carbonyl (C=O) groups is 1. The van der Waals surface area contributed by atoms with Crippen LogP contribution in [0.5, 0.6) is 11.5 Å². The van der Waals surface area contributed by atoms with Crippen LogP contribution < -0.4 is 14.8 Å². The number of carbonyl (C=O) groups excluding carboxylic acids is 1. The van der Waals surface area contributed by atoms with Gasteiger partial charge in [0.1, 0.15) is 18.1 Å². The smallest absolute Gasteiger partial charge is 0.261 e. The quantitative estimate of drug-likeness (QED) is 0.608. The van der Waals surface area contributed by atoms with Gasteiger partial charge >= 0.3 is 0 Å². The number of hydrogen-bond acceptors (Lipinski definition) is 3. The van der Waals surface area contributed by atoms with E-state index in [-0.39, 0.29) is 11.3 Å². The first-order valence-corrected chi connectivity index (χ1v) is 10.0. The third kappa shape index (κ3) is 6.45. The Hall–Kier alpha value is -2.20. The fraction of sp³-hybridized carbons (Fsp3) is 0.435. The molecule has 0 aliphatic rings. The van der Waals surface area contributed by atoms with Gasteiger partial charge in [0.05, 0.1) is 6.54 Å². The molecule has 1 N–H and O–H groups in total. The van der Waals surface area contributed by atoms with E-state index in [0.29, 0.717) is 36.1 Å². The molecule has 2 rings (SSSR count). The molecule has 2 aromatic rings. The number of halogens is 1. The summed E-state index contributed by atoms with van der Waals surface area (Å²) in [6.45, 7) is 11.1. The summed E-state index contributed by atoms with van der Waals surface area (Å²) in [7, 11) is 0. The second-order valence-corrected chi connectivity index (χ2v) is 8.25. The molecule has 0 heterocycles. The highest BCUT2D eigenvalue weighted by atomic mass is 35.5. The second kappa shape index (κ2) is 9.83. The fourth-order valence-corrected chi connectivity index (χ4v) is 2.81. The van der Waals surface area contributed by atoms with Gasteiger partial charge < -0.3 is 14.8 Å². The summed E-state index contributed by atoms with van der Waals surface area (Å²) in [4.78, 5) is 12.4. The summed E-state index contributed by atoms with van der Waals surface area (Å²) in [5, 5.41) is 3.53. The fourth-order valence-electron chi connectivity index (χ4n) is 2.64. The molecule has 0 saturated heterocycles. The van der Waals surface area contributed by atoms with Crippen molar-refractivity contribution in [3.05, 3.63) is 58.6 Å². The number of ether oxygens (including phenoxy) is 2. The first-order valence-electron chi connectivity index (χ1n) is 9.64. The van der Waals surface area contributed by atoms with Gasteiger partial charge in [-0.3, -0.25) is 4.79 Å². The lowest BCUT2D eigenvalue weighted by Crippen LogP contribution is -2.39. The first kappa shape index (κ1) is 22.1. The van der Waals surface area contributed by atoms with Crippen molar-refractivity contribution in [1.29, 1.82) is 0 Å². The van der Waals surface area contributed by atoms with E-state index in [9.17, 15) is 4.79 Å². The van der Waals surface area contributed by atoms with Gasteiger partial charge in [-0.2, -0.15) is 0 Å². The van der Waals surface area contributed by atoms with Crippen molar-refractivity contribution in [2.45, 2.75) is 52.6 Å². The average molecular weight is 404 g/mol. The standard InChI is InChI=1S/C23H30ClNO3/c1-6-21(28-18-11-8-17(9-12-18)23(3,4)5)22(26)25-13-14-27-19-10-7-16(2)20(24)15-19/h7-12,15,21H,6,13-14H2,1-5H3,(H,25,26)/t21-/m0/s1. The predicted molar refractivity (Wildman–Crippen MR) is 115 cm³/mol. The number of nitrogens with one attached hydrogen (secondary N) is 1. The Morgan fingerprint density at radius 2 is 1.75 bits per heavy atom. The van der Waals surface area contributed by atoms with Crippen molar-refractivity contribution >= 4 is 17.5 Å². The third-order valence-electron chi connectivity index (χ3n) is 4.48. The normalized spacial score (nSPS) is 12.4. The van der Waals surface area contributed by atoms with Crippen molar-refractivity contribution in [2.75, 3.05) is 13.2 Å². The van der Waals surface area contributed by atoms with E-state index in [0.717, 1.165) is 5.56 Å². The van der Waals surface area contributed by atoms with Crippen LogP contribution in [0.1, 0.15) is 45.2 Å². The molecule has 152 valence electrons. The van der Waals surface area contributed by atoms with Crippen molar-refractivity contribution < 1.29 is 14.3 Å². The highest BCUT2D eigenvalue weighted by Crippen LogP contribution is 2.25. The molecule has 0 aromatic heterocycles. The van der Waals surface area contributed by atoms with E-state index in [1.54, 1.807) is 6.07 Å². The Kier molecular flexibility index (Phi) is 7.76. The van der Waals surface area contributed by atoms with Crippen LogP contribution in [0.2, 0.25) is 5.02 Å². The molecule has 1 amide bonds. The van der Waals surface area contributed by atoms with Gasteiger partial charge in [0.25, 0.3) is 5.91 Å². The van der Waals surface area contributed by atoms with E-state index in [4.69, 9.17) is 21.1 Å². The van der Waals surface area contributed by atoms with Crippen molar-refractivity contribution in [3.8, 4) is 11.5 Å². The molecule has 0 aliphatic heterocycles. The first-order chi connectivity index (χ1) is 13.2. The summed E-state index contributed by atoms with van der Waals surface area (Å²) in [6.07, 6.45) is 0.0516. The van der Waals surface area contributed by atoms with Gasteiger partial charge in [0, 0.05) is 5.02 Å². The Bertz CT molecular complexity index is 781. The molecule has 1 atom stereocenters. The number of aryl methyl sites for hydroxylation is 1. The summed E-state index contributed by atoms with van der Waals surface area (Å²) >= 11 is 6.08. The van der Waals surface area contributed by atoms with Crippen LogP contribution in [0.25, 0.3) is 0 Å². The van der Waals surface area contributed by atoms with Gasteiger partial charge in [-0.1, -0.05) is 57.5 Å². The molecular formula is C23H30ClNO3. The minimum absolute atomic E-state index is 0.0851. The maximum atomic E-state index is 12.4. The van der Waals surface area contributed by atoms with Crippen LogP contribution in [0.4, 0.5) is 0 Å². The molecule has 2 aromatic carbocycles. The minimum atomic E-state index is -0.533. The Balaban J connectivity index is 1.81. The molecule has 0 unspecified atom stereocenters. The van der Waals surface area contributed by atoms with Crippen LogP contribution in [0.3, 0.4) is 0 Å². The van der Waals surface area contributed by atoms with E-state index in [2.05, 4.69) is 26.1 Å². The zero-order chi connectivity index (χ0) is 20.7. The lowest BCUT2D eigenvalue weighted by molar-refractivity contribution is -0.128. The average Bonchev–Trinajstić information content (AvgIpc) is 2.65. The molecule has 4 nitrogen and oxygen atoms in total. The molecular weight excluding hydrogens is 374 g/mol. The maximum Gasteiger partial charge on any atom is 0.261 e. The summed E-state index contributed by atoms with van der Waals surface area (Å²) < 4.78 is 11.5. The minimum Gasteiger partial charge on any atom is -0.492 e. The predicted octanol–water partition coefficient (Wildman–Crippen LogP) is 5.30. The van der Waals surface area contributed by atoms with Gasteiger partial charge in [-0.25, -0.2) is 0 Å². The second-order valence-electron chi connectivity index (χ2n) is 7.84. The monoisotopic (exact) mass is 403 g/mol. The molecule has 0 saturated carbocycles. The Labute approximate surface area is 173 Å². The zero-order valence-electron chi connectivity index (χ0n) is 17.3. The van der Waals surface area contributed by atoms with Crippen LogP contribution in [0.15, 0.2) is 42.5 Å².